The van der Waals surface area contributed by atoms with Crippen LogP contribution in [-0.4, -0.2) is 47.9 Å². The Morgan fingerprint density at radius 1 is 1.45 bits per heavy atom. The van der Waals surface area contributed by atoms with Crippen molar-refractivity contribution in [3.05, 3.63) is 35.9 Å². The third-order valence-electron chi connectivity index (χ3n) is 3.49. The highest BCUT2D eigenvalue weighted by atomic mass is 16.5. The molecular weight excluding hydrogens is 256 g/mol. The number of benzene rings is 1. The fourth-order valence-corrected chi connectivity index (χ4v) is 2.47. The first-order valence-corrected chi connectivity index (χ1v) is 7.06. The van der Waals surface area contributed by atoms with Gasteiger partial charge >= 0.3 is 6.09 Å². The average Bonchev–Trinajstić information content (AvgIpc) is 2.43. The number of aliphatic hydroxyl groups excluding tert-OH is 1. The first-order valence-electron chi connectivity index (χ1n) is 7.06. The van der Waals surface area contributed by atoms with Crippen molar-refractivity contribution < 1.29 is 14.6 Å². The molecule has 110 valence electrons. The Morgan fingerprint density at radius 2 is 2.20 bits per heavy atom. The number of likely N-dealkylation sites (tertiary alicyclic amines) is 1. The van der Waals surface area contributed by atoms with Gasteiger partial charge in [-0.2, -0.15) is 0 Å². The molecule has 1 fully saturated rings. The Hall–Kier alpha value is -1.59. The Kier molecular flexibility index (Phi) is 5.38. The maximum atomic E-state index is 11.4. The van der Waals surface area contributed by atoms with Crippen molar-refractivity contribution in [2.45, 2.75) is 32.0 Å². The fourth-order valence-electron chi connectivity index (χ4n) is 2.47. The highest BCUT2D eigenvalue weighted by Crippen LogP contribution is 2.14. The van der Waals surface area contributed by atoms with Gasteiger partial charge in [-0.15, -0.1) is 0 Å². The summed E-state index contributed by atoms with van der Waals surface area (Å²) in [6, 6.07) is 9.96. The normalized spacial score (nSPS) is 23.3. The van der Waals surface area contributed by atoms with E-state index in [1.165, 1.54) is 5.56 Å². The van der Waals surface area contributed by atoms with Gasteiger partial charge in [0.1, 0.15) is 0 Å². The number of nitrogens with zero attached hydrogens (tertiary/aromatic N) is 1. The number of carbonyl (C=O) groups is 1. The van der Waals surface area contributed by atoms with E-state index in [4.69, 9.17) is 4.74 Å². The van der Waals surface area contributed by atoms with Crippen molar-refractivity contribution in [2.75, 3.05) is 19.7 Å². The fraction of sp³-hybridized carbons (Fsp3) is 0.533. The molecule has 0 aromatic heterocycles. The third kappa shape index (κ3) is 4.21. The highest BCUT2D eigenvalue weighted by molar-refractivity contribution is 5.67. The molecule has 5 heteroatoms. The average molecular weight is 278 g/mol. The number of hydrogen-bond donors (Lipinski definition) is 2. The SMILES string of the molecule is CCOC(=O)N[C@H]1CCN(Cc2ccccc2)C[C@@H]1O. The Labute approximate surface area is 119 Å². The van der Waals surface area contributed by atoms with Crippen molar-refractivity contribution in [1.82, 2.24) is 10.2 Å². The van der Waals surface area contributed by atoms with Gasteiger partial charge in [0.25, 0.3) is 0 Å². The summed E-state index contributed by atoms with van der Waals surface area (Å²) in [6.07, 6.45) is -0.280. The minimum Gasteiger partial charge on any atom is -0.450 e. The zero-order valence-electron chi connectivity index (χ0n) is 11.8. The van der Waals surface area contributed by atoms with Gasteiger partial charge in [0, 0.05) is 19.6 Å². The molecule has 1 amide bonds. The Morgan fingerprint density at radius 3 is 2.85 bits per heavy atom. The second-order valence-electron chi connectivity index (χ2n) is 5.05. The van der Waals surface area contributed by atoms with E-state index in [9.17, 15) is 9.90 Å². The van der Waals surface area contributed by atoms with E-state index in [0.717, 1.165) is 19.5 Å². The number of hydrogen-bond acceptors (Lipinski definition) is 4. The first kappa shape index (κ1) is 14.8. The Balaban J connectivity index is 1.81. The summed E-state index contributed by atoms with van der Waals surface area (Å²) in [5.41, 5.74) is 1.23. The van der Waals surface area contributed by atoms with Gasteiger partial charge < -0.3 is 15.2 Å². The maximum Gasteiger partial charge on any atom is 0.407 e. The van der Waals surface area contributed by atoms with Gasteiger partial charge in [0.05, 0.1) is 18.8 Å². The molecule has 1 aliphatic heterocycles. The molecule has 20 heavy (non-hydrogen) atoms. The molecule has 0 saturated carbocycles. The van der Waals surface area contributed by atoms with Gasteiger partial charge in [-0.05, 0) is 18.9 Å². The predicted octanol–water partition coefficient (Wildman–Crippen LogP) is 1.37. The number of nitrogens with one attached hydrogen (secondary N) is 1. The van der Waals surface area contributed by atoms with Crippen LogP contribution in [0.25, 0.3) is 0 Å². The summed E-state index contributed by atoms with van der Waals surface area (Å²) in [4.78, 5) is 13.6. The largest absolute Gasteiger partial charge is 0.450 e. The summed E-state index contributed by atoms with van der Waals surface area (Å²) in [5.74, 6) is 0. The van der Waals surface area contributed by atoms with E-state index >= 15 is 0 Å². The zero-order chi connectivity index (χ0) is 14.4. The molecule has 1 heterocycles. The van der Waals surface area contributed by atoms with E-state index in [1.54, 1.807) is 6.92 Å². The van der Waals surface area contributed by atoms with Gasteiger partial charge in [0.15, 0.2) is 0 Å². The van der Waals surface area contributed by atoms with Crippen LogP contribution in [0.4, 0.5) is 4.79 Å². The number of β-amino-alcohol motifs (C(OH)–C–C–N with tert-alkyl or cyclic N) is 1. The molecule has 5 nitrogen and oxygen atoms in total. The van der Waals surface area contributed by atoms with E-state index in [-0.39, 0.29) is 6.04 Å². The number of amides is 1. The quantitative estimate of drug-likeness (QED) is 0.873. The van der Waals surface area contributed by atoms with Crippen molar-refractivity contribution in [1.29, 1.82) is 0 Å². The molecule has 2 rings (SSSR count). The summed E-state index contributed by atoms with van der Waals surface area (Å²) < 4.78 is 4.84. The van der Waals surface area contributed by atoms with Gasteiger partial charge in [-0.3, -0.25) is 4.90 Å². The molecule has 0 aliphatic carbocycles. The lowest BCUT2D eigenvalue weighted by Crippen LogP contribution is -2.53. The van der Waals surface area contributed by atoms with Crippen molar-refractivity contribution in [3.63, 3.8) is 0 Å². The van der Waals surface area contributed by atoms with Crippen LogP contribution in [0.15, 0.2) is 30.3 Å². The molecule has 0 spiro atoms. The van der Waals surface area contributed by atoms with Crippen LogP contribution in [0.5, 0.6) is 0 Å². The summed E-state index contributed by atoms with van der Waals surface area (Å²) in [5, 5.41) is 12.8. The van der Waals surface area contributed by atoms with E-state index in [0.29, 0.717) is 13.2 Å². The second-order valence-corrected chi connectivity index (χ2v) is 5.05. The lowest BCUT2D eigenvalue weighted by molar-refractivity contribution is 0.0348. The molecule has 0 bridgehead atoms. The van der Waals surface area contributed by atoms with E-state index < -0.39 is 12.2 Å². The van der Waals surface area contributed by atoms with Crippen molar-refractivity contribution in [2.24, 2.45) is 0 Å². The van der Waals surface area contributed by atoms with Crippen LogP contribution in [0.2, 0.25) is 0 Å². The molecule has 0 unspecified atom stereocenters. The zero-order valence-corrected chi connectivity index (χ0v) is 11.8. The molecule has 1 aromatic carbocycles. The molecule has 2 N–H and O–H groups in total. The highest BCUT2D eigenvalue weighted by Gasteiger charge is 2.29. The van der Waals surface area contributed by atoms with Crippen LogP contribution in [0.1, 0.15) is 18.9 Å². The molecule has 2 atom stereocenters. The number of aliphatic hydroxyl groups is 1. The molecule has 1 aliphatic rings. The molecular formula is C15H22N2O3. The minimum absolute atomic E-state index is 0.221. The predicted molar refractivity (Wildman–Crippen MR) is 76.3 cm³/mol. The summed E-state index contributed by atoms with van der Waals surface area (Å²) in [6.45, 7) is 4.34. The van der Waals surface area contributed by atoms with Crippen LogP contribution in [0, 0.1) is 0 Å². The molecule has 1 aromatic rings. The van der Waals surface area contributed by atoms with Gasteiger partial charge in [-0.1, -0.05) is 30.3 Å². The topological polar surface area (TPSA) is 61.8 Å². The van der Waals surface area contributed by atoms with Crippen LogP contribution in [-0.2, 0) is 11.3 Å². The number of alkyl carbamates (subject to hydrolysis) is 1. The van der Waals surface area contributed by atoms with Gasteiger partial charge in [-0.25, -0.2) is 4.79 Å². The van der Waals surface area contributed by atoms with Crippen LogP contribution >= 0.6 is 0 Å². The standard InChI is InChI=1S/C15H22N2O3/c1-2-20-15(19)16-13-8-9-17(11-14(13)18)10-12-6-4-3-5-7-12/h3-7,13-14,18H,2,8-11H2,1H3,(H,16,19)/t13-,14-/m0/s1. The molecule has 1 saturated heterocycles. The Bertz CT molecular complexity index is 424. The number of ether oxygens (including phenoxy) is 1. The number of piperidine rings is 1. The van der Waals surface area contributed by atoms with E-state index in [1.807, 2.05) is 18.2 Å². The summed E-state index contributed by atoms with van der Waals surface area (Å²) in [7, 11) is 0. The number of rotatable bonds is 4. The second kappa shape index (κ2) is 7.26. The lowest BCUT2D eigenvalue weighted by Gasteiger charge is -2.36. The summed E-state index contributed by atoms with van der Waals surface area (Å²) >= 11 is 0. The van der Waals surface area contributed by atoms with Crippen molar-refractivity contribution in [3.8, 4) is 0 Å². The monoisotopic (exact) mass is 278 g/mol. The van der Waals surface area contributed by atoms with E-state index in [2.05, 4.69) is 22.3 Å². The smallest absolute Gasteiger partial charge is 0.407 e. The van der Waals surface area contributed by atoms with Crippen molar-refractivity contribution >= 4 is 6.09 Å². The minimum atomic E-state index is -0.558. The first-order chi connectivity index (χ1) is 9.69. The maximum absolute atomic E-state index is 11.4. The lowest BCUT2D eigenvalue weighted by atomic mass is 10.0. The third-order valence-corrected chi connectivity index (χ3v) is 3.49. The van der Waals surface area contributed by atoms with Gasteiger partial charge in [0.2, 0.25) is 0 Å². The number of carbonyl (C=O) groups excluding carboxylic acids is 1. The van der Waals surface area contributed by atoms with Crippen LogP contribution in [0.3, 0.4) is 0 Å². The van der Waals surface area contributed by atoms with Crippen LogP contribution < -0.4 is 5.32 Å². The molecule has 0 radical (unpaired) electrons.